The summed E-state index contributed by atoms with van der Waals surface area (Å²) in [6.07, 6.45) is 7.36. The first-order valence-corrected chi connectivity index (χ1v) is 11.5. The number of carbonyl (C=O) groups is 1. The molecule has 2 saturated carbocycles. The minimum absolute atomic E-state index is 0.0253. The van der Waals surface area contributed by atoms with E-state index in [-0.39, 0.29) is 16.7 Å². The third-order valence-electron chi connectivity index (χ3n) is 9.19. The summed E-state index contributed by atoms with van der Waals surface area (Å²) in [4.78, 5) is 18.9. The predicted octanol–water partition coefficient (Wildman–Crippen LogP) is 5.30. The molecule has 0 aromatic carbocycles. The van der Waals surface area contributed by atoms with Crippen LogP contribution in [0.15, 0.2) is 28.9 Å². The second-order valence-corrected chi connectivity index (χ2v) is 10.8. The molecule has 4 aliphatic rings. The number of pyridine rings is 1. The van der Waals surface area contributed by atoms with Crippen molar-refractivity contribution in [2.45, 2.75) is 64.7 Å². The molecule has 4 nitrogen and oxygen atoms in total. The van der Waals surface area contributed by atoms with Crippen LogP contribution in [0.4, 0.5) is 5.82 Å². The van der Waals surface area contributed by atoms with Crippen LogP contribution in [0.3, 0.4) is 0 Å². The second-order valence-electron chi connectivity index (χ2n) is 10.4. The number of rotatable bonds is 1. The summed E-state index contributed by atoms with van der Waals surface area (Å²) in [5.74, 6) is 3.18. The lowest BCUT2D eigenvalue weighted by Crippen LogP contribution is -2.54. The maximum Gasteiger partial charge on any atom is 0.226 e. The SMILES string of the molecule is CN1C(=O)CC[C@@]2(C)C1=C(Cl)C[C@@H]1[C@H]2CC[C@]2(C)C(c3cccc(N)n3)CC[C@@H]12. The monoisotopic (exact) mass is 413 g/mol. The molecule has 0 radical (unpaired) electrons. The molecule has 1 amide bonds. The van der Waals surface area contributed by atoms with Crippen LogP contribution in [-0.4, -0.2) is 22.8 Å². The van der Waals surface area contributed by atoms with Crippen molar-refractivity contribution >= 4 is 23.3 Å². The smallest absolute Gasteiger partial charge is 0.226 e. The van der Waals surface area contributed by atoms with Gasteiger partial charge in [0, 0.05) is 41.2 Å². The summed E-state index contributed by atoms with van der Waals surface area (Å²) in [7, 11) is 1.92. The Kier molecular flexibility index (Phi) is 4.33. The number of nitrogens with two attached hydrogens (primary N) is 1. The summed E-state index contributed by atoms with van der Waals surface area (Å²) in [5, 5.41) is 0.930. The third-order valence-corrected chi connectivity index (χ3v) is 9.52. The van der Waals surface area contributed by atoms with Crippen molar-refractivity contribution < 1.29 is 4.79 Å². The van der Waals surface area contributed by atoms with Crippen molar-refractivity contribution in [3.63, 3.8) is 0 Å². The zero-order chi connectivity index (χ0) is 20.6. The van der Waals surface area contributed by atoms with E-state index in [0.29, 0.717) is 35.9 Å². The van der Waals surface area contributed by atoms with E-state index < -0.39 is 0 Å². The molecule has 1 aromatic rings. The molecular weight excluding hydrogens is 382 g/mol. The molecule has 1 saturated heterocycles. The molecule has 0 spiro atoms. The standard InChI is InChI=1S/C24H32ClN3O/c1-23-11-9-16-14(13-18(25)22-24(16,2)12-10-21(29)28(22)3)15(23)7-8-17(23)19-5-4-6-20(26)27-19/h4-6,14-17H,7-13H2,1-3H3,(H2,26,27)/t14-,15-,16+,17?,23-,24+/m0/s1. The number of hydrogen-bond acceptors (Lipinski definition) is 3. The number of fused-ring (bicyclic) bond motifs is 5. The van der Waals surface area contributed by atoms with Gasteiger partial charge in [-0.2, -0.15) is 0 Å². The van der Waals surface area contributed by atoms with Crippen molar-refractivity contribution in [2.24, 2.45) is 28.6 Å². The molecule has 5 rings (SSSR count). The summed E-state index contributed by atoms with van der Waals surface area (Å²) in [5.41, 5.74) is 8.57. The number of amides is 1. The van der Waals surface area contributed by atoms with E-state index in [1.54, 1.807) is 0 Å². The number of aromatic nitrogens is 1. The van der Waals surface area contributed by atoms with Crippen molar-refractivity contribution in [3.05, 3.63) is 34.6 Å². The van der Waals surface area contributed by atoms with Crippen molar-refractivity contribution in [1.82, 2.24) is 9.88 Å². The fourth-order valence-electron chi connectivity index (χ4n) is 7.83. The zero-order valence-electron chi connectivity index (χ0n) is 17.7. The van der Waals surface area contributed by atoms with Crippen molar-refractivity contribution in [2.75, 3.05) is 12.8 Å². The molecule has 5 heteroatoms. The first-order valence-electron chi connectivity index (χ1n) is 11.1. The Bertz CT molecular complexity index is 898. The van der Waals surface area contributed by atoms with Crippen LogP contribution >= 0.6 is 11.6 Å². The number of hydrogen-bond donors (Lipinski definition) is 1. The van der Waals surface area contributed by atoms with Gasteiger partial charge in [0.2, 0.25) is 5.91 Å². The predicted molar refractivity (Wildman–Crippen MR) is 116 cm³/mol. The Morgan fingerprint density at radius 2 is 1.97 bits per heavy atom. The van der Waals surface area contributed by atoms with Gasteiger partial charge in [-0.05, 0) is 73.8 Å². The van der Waals surface area contributed by atoms with Crippen LogP contribution in [0, 0.1) is 28.6 Å². The van der Waals surface area contributed by atoms with Crippen LogP contribution in [0.5, 0.6) is 0 Å². The van der Waals surface area contributed by atoms with Gasteiger partial charge in [-0.25, -0.2) is 4.98 Å². The Hall–Kier alpha value is -1.55. The molecule has 29 heavy (non-hydrogen) atoms. The molecule has 3 fully saturated rings. The fourth-order valence-corrected chi connectivity index (χ4v) is 8.35. The zero-order valence-corrected chi connectivity index (χ0v) is 18.5. The van der Waals surface area contributed by atoms with Gasteiger partial charge in [-0.3, -0.25) is 4.79 Å². The van der Waals surface area contributed by atoms with E-state index in [0.717, 1.165) is 23.6 Å². The van der Waals surface area contributed by atoms with Crippen LogP contribution in [0.1, 0.15) is 70.4 Å². The van der Waals surface area contributed by atoms with E-state index >= 15 is 0 Å². The number of carbonyl (C=O) groups excluding carboxylic acids is 1. The van der Waals surface area contributed by atoms with E-state index in [4.69, 9.17) is 22.3 Å². The molecular formula is C24H32ClN3O. The lowest BCUT2D eigenvalue weighted by atomic mass is 9.49. The second kappa shape index (κ2) is 6.47. The highest BCUT2D eigenvalue weighted by molar-refractivity contribution is 6.30. The third kappa shape index (κ3) is 2.64. The van der Waals surface area contributed by atoms with Gasteiger partial charge in [0.1, 0.15) is 5.82 Å². The normalized spacial score (nSPS) is 41.8. The van der Waals surface area contributed by atoms with Gasteiger partial charge in [-0.1, -0.05) is 31.5 Å². The van der Waals surface area contributed by atoms with Crippen LogP contribution < -0.4 is 5.73 Å². The highest BCUT2D eigenvalue weighted by Gasteiger charge is 2.60. The lowest BCUT2D eigenvalue weighted by molar-refractivity contribution is -0.135. The number of piperidine rings is 1. The van der Waals surface area contributed by atoms with Gasteiger partial charge in [0.15, 0.2) is 0 Å². The molecule has 6 atom stereocenters. The lowest BCUT2D eigenvalue weighted by Gasteiger charge is -2.59. The molecule has 3 aliphatic carbocycles. The topological polar surface area (TPSA) is 59.2 Å². The Morgan fingerprint density at radius 3 is 2.72 bits per heavy atom. The highest BCUT2D eigenvalue weighted by Crippen LogP contribution is 2.68. The van der Waals surface area contributed by atoms with E-state index in [1.807, 2.05) is 24.1 Å². The molecule has 2 heterocycles. The van der Waals surface area contributed by atoms with Gasteiger partial charge in [-0.15, -0.1) is 0 Å². The largest absolute Gasteiger partial charge is 0.384 e. The maximum absolute atomic E-state index is 12.4. The first-order chi connectivity index (χ1) is 13.8. The van der Waals surface area contributed by atoms with Crippen LogP contribution in [0.2, 0.25) is 0 Å². The molecule has 2 N–H and O–H groups in total. The first kappa shape index (κ1) is 19.4. The molecule has 156 valence electrons. The number of anilines is 1. The molecule has 1 aliphatic heterocycles. The number of halogens is 1. The van der Waals surface area contributed by atoms with Crippen LogP contribution in [-0.2, 0) is 4.79 Å². The summed E-state index contributed by atoms with van der Waals surface area (Å²) in [6, 6.07) is 6.09. The Morgan fingerprint density at radius 1 is 1.17 bits per heavy atom. The van der Waals surface area contributed by atoms with Gasteiger partial charge >= 0.3 is 0 Å². The number of nitrogens with zero attached hydrogens (tertiary/aromatic N) is 2. The van der Waals surface area contributed by atoms with E-state index in [9.17, 15) is 4.79 Å². The summed E-state index contributed by atoms with van der Waals surface area (Å²) in [6.45, 7) is 4.86. The van der Waals surface area contributed by atoms with Crippen molar-refractivity contribution in [1.29, 1.82) is 0 Å². The number of nitrogen functional groups attached to an aromatic ring is 1. The van der Waals surface area contributed by atoms with Gasteiger partial charge in [0.05, 0.1) is 0 Å². The minimum Gasteiger partial charge on any atom is -0.384 e. The summed E-state index contributed by atoms with van der Waals surface area (Å²) < 4.78 is 0. The Labute approximate surface area is 178 Å². The fraction of sp³-hybridized carbons (Fsp3) is 0.667. The van der Waals surface area contributed by atoms with Crippen molar-refractivity contribution in [3.8, 4) is 0 Å². The molecule has 0 bridgehead atoms. The van der Waals surface area contributed by atoms with E-state index in [2.05, 4.69) is 19.9 Å². The Balaban J connectivity index is 1.52. The van der Waals surface area contributed by atoms with Gasteiger partial charge < -0.3 is 10.6 Å². The van der Waals surface area contributed by atoms with Crippen LogP contribution in [0.25, 0.3) is 0 Å². The summed E-state index contributed by atoms with van der Waals surface area (Å²) >= 11 is 6.93. The minimum atomic E-state index is 0.0253. The maximum atomic E-state index is 12.4. The average molecular weight is 414 g/mol. The molecule has 1 aromatic heterocycles. The van der Waals surface area contributed by atoms with E-state index in [1.165, 1.54) is 31.4 Å². The number of allylic oxidation sites excluding steroid dienone is 2. The van der Waals surface area contributed by atoms with Gasteiger partial charge in [0.25, 0.3) is 0 Å². The number of likely N-dealkylation sites (tertiary alicyclic amines) is 1. The molecule has 1 unspecified atom stereocenters. The quantitative estimate of drug-likeness (QED) is 0.679. The average Bonchev–Trinajstić information content (AvgIpc) is 3.02. The highest BCUT2D eigenvalue weighted by atomic mass is 35.5.